The number of pyridine rings is 1. The van der Waals surface area contributed by atoms with Gasteiger partial charge in [0.1, 0.15) is 11.8 Å². The lowest BCUT2D eigenvalue weighted by atomic mass is 10.1. The van der Waals surface area contributed by atoms with E-state index < -0.39 is 41.7 Å². The van der Waals surface area contributed by atoms with Crippen LogP contribution in [0.2, 0.25) is 0 Å². The van der Waals surface area contributed by atoms with Gasteiger partial charge in [-0.25, -0.2) is 13.8 Å². The molecule has 1 rings (SSSR count). The molecule has 0 aliphatic rings. The zero-order valence-electron chi connectivity index (χ0n) is 8.09. The van der Waals surface area contributed by atoms with E-state index in [-0.39, 0.29) is 0 Å². The molecule has 0 amide bonds. The minimum atomic E-state index is -5.01. The molecule has 0 unspecified atom stereocenters. The minimum Gasteiger partial charge on any atom is -0.392 e. The van der Waals surface area contributed by atoms with Crippen molar-refractivity contribution in [3.63, 3.8) is 0 Å². The third kappa shape index (κ3) is 2.68. The molecule has 0 fully saturated rings. The molecular formula is C9H5F5N2O. The van der Waals surface area contributed by atoms with E-state index in [9.17, 15) is 22.0 Å². The van der Waals surface area contributed by atoms with Gasteiger partial charge >= 0.3 is 6.18 Å². The highest BCUT2D eigenvalue weighted by Gasteiger charge is 2.37. The van der Waals surface area contributed by atoms with Crippen molar-refractivity contribution in [1.82, 2.24) is 4.98 Å². The highest BCUT2D eigenvalue weighted by molar-refractivity contribution is 5.38. The largest absolute Gasteiger partial charge is 0.433 e. The van der Waals surface area contributed by atoms with Crippen LogP contribution in [0.4, 0.5) is 22.0 Å². The number of halogens is 5. The first-order chi connectivity index (χ1) is 7.81. The summed E-state index contributed by atoms with van der Waals surface area (Å²) in [6.07, 6.45) is -8.23. The van der Waals surface area contributed by atoms with E-state index in [1.165, 1.54) is 6.07 Å². The van der Waals surface area contributed by atoms with Crippen LogP contribution in [0.5, 0.6) is 0 Å². The van der Waals surface area contributed by atoms with Crippen LogP contribution < -0.4 is 0 Å². The fourth-order valence-electron chi connectivity index (χ4n) is 1.24. The first-order valence-corrected chi connectivity index (χ1v) is 4.21. The number of hydrogen-bond donors (Lipinski definition) is 1. The van der Waals surface area contributed by atoms with Crippen LogP contribution >= 0.6 is 0 Å². The maximum atomic E-state index is 12.5. The standard InChI is InChI=1S/C9H5F5N2O/c10-8(11)5-1-4(2-15)16-7(6(5)3-17)9(12,13)14/h1,8,17H,3H2. The molecule has 1 aromatic rings. The molecule has 0 aliphatic carbocycles. The molecule has 0 spiro atoms. The molecule has 0 atom stereocenters. The molecule has 1 heterocycles. The van der Waals surface area contributed by atoms with Crippen LogP contribution in [0.1, 0.15) is 28.9 Å². The van der Waals surface area contributed by atoms with E-state index in [0.717, 1.165) is 0 Å². The maximum absolute atomic E-state index is 12.5. The SMILES string of the molecule is N#Cc1cc(C(F)F)c(CO)c(C(F)(F)F)n1. The Labute approximate surface area is 92.1 Å². The van der Waals surface area contributed by atoms with E-state index in [1.807, 2.05) is 0 Å². The van der Waals surface area contributed by atoms with Gasteiger partial charge in [0.25, 0.3) is 6.43 Å². The molecule has 0 saturated carbocycles. The normalized spacial score (nSPS) is 11.6. The second-order valence-electron chi connectivity index (χ2n) is 2.99. The zero-order valence-corrected chi connectivity index (χ0v) is 8.09. The summed E-state index contributed by atoms with van der Waals surface area (Å²) in [5, 5.41) is 17.1. The van der Waals surface area contributed by atoms with Gasteiger partial charge in [-0.1, -0.05) is 0 Å². The molecule has 0 aliphatic heterocycles. The highest BCUT2D eigenvalue weighted by atomic mass is 19.4. The summed E-state index contributed by atoms with van der Waals surface area (Å²) in [6, 6.07) is 1.79. The maximum Gasteiger partial charge on any atom is 0.433 e. The fourth-order valence-corrected chi connectivity index (χ4v) is 1.24. The van der Waals surface area contributed by atoms with E-state index >= 15 is 0 Å². The molecule has 0 bridgehead atoms. The van der Waals surface area contributed by atoms with E-state index in [0.29, 0.717) is 6.07 Å². The van der Waals surface area contributed by atoms with E-state index in [2.05, 4.69) is 4.98 Å². The Balaban J connectivity index is 3.58. The zero-order chi connectivity index (χ0) is 13.2. The summed E-state index contributed by atoms with van der Waals surface area (Å²) < 4.78 is 62.4. The summed E-state index contributed by atoms with van der Waals surface area (Å²) in [5.74, 6) is 0. The monoisotopic (exact) mass is 252 g/mol. The first kappa shape index (κ1) is 13.3. The number of hydrogen-bond acceptors (Lipinski definition) is 3. The molecule has 17 heavy (non-hydrogen) atoms. The van der Waals surface area contributed by atoms with Gasteiger partial charge in [-0.2, -0.15) is 18.4 Å². The van der Waals surface area contributed by atoms with Crippen molar-refractivity contribution in [2.45, 2.75) is 19.2 Å². The molecule has 3 nitrogen and oxygen atoms in total. The number of aliphatic hydroxyl groups excluding tert-OH is 1. The Bertz CT molecular complexity index is 464. The van der Waals surface area contributed by atoms with Gasteiger partial charge in [-0.15, -0.1) is 0 Å². The average molecular weight is 252 g/mol. The van der Waals surface area contributed by atoms with Crippen LogP contribution in [0.3, 0.4) is 0 Å². The van der Waals surface area contributed by atoms with Gasteiger partial charge in [0.15, 0.2) is 5.69 Å². The minimum absolute atomic E-state index is 0.533. The topological polar surface area (TPSA) is 56.9 Å². The highest BCUT2D eigenvalue weighted by Crippen LogP contribution is 2.35. The number of rotatable bonds is 2. The third-order valence-electron chi connectivity index (χ3n) is 1.94. The van der Waals surface area contributed by atoms with Crippen molar-refractivity contribution in [1.29, 1.82) is 5.26 Å². The summed E-state index contributed by atoms with van der Waals surface area (Å²) in [6.45, 7) is -1.23. The second-order valence-corrected chi connectivity index (χ2v) is 2.99. The summed E-state index contributed by atoms with van der Waals surface area (Å²) in [7, 11) is 0. The van der Waals surface area contributed by atoms with Gasteiger partial charge in [0, 0.05) is 11.1 Å². The summed E-state index contributed by atoms with van der Waals surface area (Å²) in [4.78, 5) is 2.90. The molecular weight excluding hydrogens is 247 g/mol. The smallest absolute Gasteiger partial charge is 0.392 e. The van der Waals surface area contributed by atoms with Crippen LogP contribution in [-0.2, 0) is 12.8 Å². The third-order valence-corrected chi connectivity index (χ3v) is 1.94. The molecule has 1 aromatic heterocycles. The quantitative estimate of drug-likeness (QED) is 0.822. The lowest BCUT2D eigenvalue weighted by Crippen LogP contribution is -2.15. The molecule has 0 aromatic carbocycles. The lowest BCUT2D eigenvalue weighted by molar-refractivity contribution is -0.142. The number of aromatic nitrogens is 1. The Hall–Kier alpha value is -1.75. The molecule has 8 heteroatoms. The number of nitrogens with zero attached hydrogens (tertiary/aromatic N) is 2. The van der Waals surface area contributed by atoms with Crippen molar-refractivity contribution >= 4 is 0 Å². The van der Waals surface area contributed by atoms with E-state index in [1.54, 1.807) is 0 Å². The Morgan fingerprint density at radius 1 is 1.41 bits per heavy atom. The van der Waals surface area contributed by atoms with Crippen molar-refractivity contribution in [3.05, 3.63) is 28.6 Å². The van der Waals surface area contributed by atoms with Gasteiger partial charge in [0.2, 0.25) is 0 Å². The Kier molecular flexibility index (Phi) is 3.63. The van der Waals surface area contributed by atoms with Crippen molar-refractivity contribution in [2.24, 2.45) is 0 Å². The summed E-state index contributed by atoms with van der Waals surface area (Å²) >= 11 is 0. The number of nitriles is 1. The second kappa shape index (κ2) is 4.63. The van der Waals surface area contributed by atoms with Crippen molar-refractivity contribution in [3.8, 4) is 6.07 Å². The van der Waals surface area contributed by atoms with Crippen molar-refractivity contribution < 1.29 is 27.1 Å². The van der Waals surface area contributed by atoms with Crippen LogP contribution in [0, 0.1) is 11.3 Å². The first-order valence-electron chi connectivity index (χ1n) is 4.21. The molecule has 92 valence electrons. The molecule has 0 saturated heterocycles. The molecule has 1 N–H and O–H groups in total. The van der Waals surface area contributed by atoms with Crippen LogP contribution in [-0.4, -0.2) is 10.1 Å². The average Bonchev–Trinajstić information content (AvgIpc) is 2.25. The molecule has 0 radical (unpaired) electrons. The number of alkyl halides is 5. The predicted octanol–water partition coefficient (Wildman–Crippen LogP) is 2.40. The van der Waals surface area contributed by atoms with Gasteiger partial charge in [0.05, 0.1) is 6.61 Å². The lowest BCUT2D eigenvalue weighted by Gasteiger charge is -2.14. The summed E-state index contributed by atoms with van der Waals surface area (Å²) in [5.41, 5.74) is -4.47. The van der Waals surface area contributed by atoms with Crippen LogP contribution in [0.25, 0.3) is 0 Å². The Morgan fingerprint density at radius 3 is 2.35 bits per heavy atom. The van der Waals surface area contributed by atoms with Gasteiger partial charge in [-0.05, 0) is 6.07 Å². The Morgan fingerprint density at radius 2 is 2.00 bits per heavy atom. The van der Waals surface area contributed by atoms with Crippen LogP contribution in [0.15, 0.2) is 6.07 Å². The number of aliphatic hydroxyl groups is 1. The van der Waals surface area contributed by atoms with Gasteiger partial charge in [-0.3, -0.25) is 0 Å². The van der Waals surface area contributed by atoms with E-state index in [4.69, 9.17) is 10.4 Å². The fraction of sp³-hybridized carbons (Fsp3) is 0.333. The van der Waals surface area contributed by atoms with Crippen molar-refractivity contribution in [2.75, 3.05) is 0 Å². The van der Waals surface area contributed by atoms with Gasteiger partial charge < -0.3 is 5.11 Å². The predicted molar refractivity (Wildman–Crippen MR) is 44.8 cm³/mol.